The summed E-state index contributed by atoms with van der Waals surface area (Å²) in [6.07, 6.45) is 4.66. The molecule has 1 saturated heterocycles. The van der Waals surface area contributed by atoms with Crippen molar-refractivity contribution in [3.05, 3.63) is 65.4 Å². The first kappa shape index (κ1) is 20.5. The van der Waals surface area contributed by atoms with Gasteiger partial charge in [0.15, 0.2) is 0 Å². The van der Waals surface area contributed by atoms with E-state index in [4.69, 9.17) is 0 Å². The molecular formula is C25H28N4O3. The van der Waals surface area contributed by atoms with E-state index in [1.165, 1.54) is 28.9 Å². The third-order valence-corrected chi connectivity index (χ3v) is 6.77. The molecule has 1 aromatic heterocycles. The first-order chi connectivity index (χ1) is 15.5. The number of hydrogen-bond acceptors (Lipinski definition) is 3. The minimum absolute atomic E-state index is 0.139. The predicted molar refractivity (Wildman–Crippen MR) is 121 cm³/mol. The number of hydrogen-bond donors (Lipinski definition) is 2. The quantitative estimate of drug-likeness (QED) is 0.622. The van der Waals surface area contributed by atoms with E-state index in [0.717, 1.165) is 28.8 Å². The van der Waals surface area contributed by atoms with Crippen molar-refractivity contribution in [1.29, 1.82) is 0 Å². The summed E-state index contributed by atoms with van der Waals surface area (Å²) < 4.78 is 1.81. The topological polar surface area (TPSA) is 87.5 Å². The summed E-state index contributed by atoms with van der Waals surface area (Å²) in [6.45, 7) is 0.750. The maximum Gasteiger partial charge on any atom is 0.407 e. The van der Waals surface area contributed by atoms with Gasteiger partial charge in [-0.3, -0.25) is 14.4 Å². The smallest absolute Gasteiger partial charge is 0.407 e. The molecule has 1 aliphatic heterocycles. The Balaban J connectivity index is 1.21. The highest BCUT2D eigenvalue weighted by molar-refractivity contribution is 5.86. The zero-order valence-electron chi connectivity index (χ0n) is 18.2. The van der Waals surface area contributed by atoms with Crippen LogP contribution in [0.25, 0.3) is 10.9 Å². The fraction of sp³-hybridized carbons (Fsp3) is 0.400. The van der Waals surface area contributed by atoms with Gasteiger partial charge < -0.3 is 10.4 Å². The zero-order chi connectivity index (χ0) is 22.2. The third kappa shape index (κ3) is 4.20. The number of carbonyl (C=O) groups is 2. The van der Waals surface area contributed by atoms with Crippen molar-refractivity contribution in [3.8, 4) is 0 Å². The van der Waals surface area contributed by atoms with Crippen molar-refractivity contribution in [2.45, 2.75) is 44.2 Å². The van der Waals surface area contributed by atoms with Crippen LogP contribution in [-0.2, 0) is 24.8 Å². The lowest BCUT2D eigenvalue weighted by Crippen LogP contribution is -2.45. The second-order valence-corrected chi connectivity index (χ2v) is 9.15. The number of nitrogens with one attached hydrogen (secondary N) is 1. The van der Waals surface area contributed by atoms with Crippen molar-refractivity contribution < 1.29 is 14.7 Å². The lowest BCUT2D eigenvalue weighted by atomic mass is 9.95. The summed E-state index contributed by atoms with van der Waals surface area (Å²) in [6, 6.07) is 14.0. The molecule has 0 unspecified atom stereocenters. The fourth-order valence-corrected chi connectivity index (χ4v) is 4.84. The highest BCUT2D eigenvalue weighted by Crippen LogP contribution is 2.40. The van der Waals surface area contributed by atoms with Gasteiger partial charge in [-0.15, -0.1) is 0 Å². The van der Waals surface area contributed by atoms with Gasteiger partial charge in [0.1, 0.15) is 6.04 Å². The highest BCUT2D eigenvalue weighted by Gasteiger charge is 2.39. The minimum atomic E-state index is -1.03. The Hall–Kier alpha value is -3.35. The van der Waals surface area contributed by atoms with Gasteiger partial charge in [0.2, 0.25) is 5.91 Å². The normalized spacial score (nSPS) is 20.6. The predicted octanol–water partition coefficient (Wildman–Crippen LogP) is 3.68. The molecule has 2 aromatic carbocycles. The number of benzene rings is 2. The van der Waals surface area contributed by atoms with E-state index in [-0.39, 0.29) is 11.8 Å². The van der Waals surface area contributed by atoms with E-state index >= 15 is 0 Å². The van der Waals surface area contributed by atoms with Crippen molar-refractivity contribution in [3.63, 3.8) is 0 Å². The van der Waals surface area contributed by atoms with E-state index in [0.29, 0.717) is 19.5 Å². The molecule has 0 bridgehead atoms. The van der Waals surface area contributed by atoms with Crippen LogP contribution in [-0.4, -0.2) is 44.4 Å². The first-order valence-corrected chi connectivity index (χ1v) is 11.2. The van der Waals surface area contributed by atoms with Gasteiger partial charge in [0.05, 0.1) is 11.7 Å². The van der Waals surface area contributed by atoms with E-state index in [9.17, 15) is 14.7 Å². The Morgan fingerprint density at radius 3 is 2.59 bits per heavy atom. The molecule has 2 N–H and O–H groups in total. The van der Waals surface area contributed by atoms with Gasteiger partial charge in [-0.1, -0.05) is 30.3 Å². The fourth-order valence-electron chi connectivity index (χ4n) is 4.84. The molecule has 1 aliphatic carbocycles. The molecule has 5 rings (SSSR count). The number of amides is 2. The van der Waals surface area contributed by atoms with E-state index < -0.39 is 12.1 Å². The largest absolute Gasteiger partial charge is 0.465 e. The van der Waals surface area contributed by atoms with Crippen molar-refractivity contribution in [1.82, 2.24) is 20.0 Å². The number of carboxylic acid groups (broad SMARTS) is 1. The molecule has 1 saturated carbocycles. The number of likely N-dealkylation sites (tertiary alicyclic amines) is 1. The number of rotatable bonds is 6. The van der Waals surface area contributed by atoms with Crippen LogP contribution < -0.4 is 5.32 Å². The summed E-state index contributed by atoms with van der Waals surface area (Å²) >= 11 is 0. The molecule has 2 amide bonds. The van der Waals surface area contributed by atoms with Crippen LogP contribution >= 0.6 is 0 Å². The molecule has 7 nitrogen and oxygen atoms in total. The lowest BCUT2D eigenvalue weighted by molar-refractivity contribution is -0.125. The molecule has 166 valence electrons. The average molecular weight is 433 g/mol. The summed E-state index contributed by atoms with van der Waals surface area (Å²) in [5.41, 5.74) is 4.59. The van der Waals surface area contributed by atoms with E-state index in [1.54, 1.807) is 10.9 Å². The number of carbonyl (C=O) groups excluding carboxylic acids is 1. The molecule has 7 heteroatoms. The van der Waals surface area contributed by atoms with Gasteiger partial charge >= 0.3 is 6.09 Å². The molecule has 0 radical (unpaired) electrons. The SMILES string of the molecule is Cn1ncc2cc(CNC(=O)[C@@H]3C[C@@H](Cc4ccc(C5CC5)cc4)CN3C(=O)O)ccc21. The summed E-state index contributed by atoms with van der Waals surface area (Å²) in [5.74, 6) is 0.635. The Bertz CT molecular complexity index is 1150. The molecular weight excluding hydrogens is 404 g/mol. The molecule has 2 aliphatic rings. The van der Waals surface area contributed by atoms with E-state index in [2.05, 4.69) is 34.7 Å². The van der Waals surface area contributed by atoms with Crippen molar-refractivity contribution in [2.75, 3.05) is 6.54 Å². The third-order valence-electron chi connectivity index (χ3n) is 6.77. The van der Waals surface area contributed by atoms with Crippen LogP contribution in [0, 0.1) is 5.92 Å². The molecule has 2 fully saturated rings. The number of aryl methyl sites for hydroxylation is 1. The van der Waals surface area contributed by atoms with Crippen LogP contribution in [0.4, 0.5) is 4.79 Å². The minimum Gasteiger partial charge on any atom is -0.465 e. The number of nitrogens with zero attached hydrogens (tertiary/aromatic N) is 3. The molecule has 2 atom stereocenters. The van der Waals surface area contributed by atoms with Crippen LogP contribution in [0.5, 0.6) is 0 Å². The molecule has 0 spiro atoms. The lowest BCUT2D eigenvalue weighted by Gasteiger charge is -2.20. The Labute approximate surface area is 187 Å². The Kier molecular flexibility index (Phi) is 5.33. The van der Waals surface area contributed by atoms with Crippen LogP contribution in [0.1, 0.15) is 41.9 Å². The summed E-state index contributed by atoms with van der Waals surface area (Å²) in [5, 5.41) is 17.9. The average Bonchev–Trinajstić information content (AvgIpc) is 3.45. The van der Waals surface area contributed by atoms with Crippen LogP contribution in [0.3, 0.4) is 0 Å². The van der Waals surface area contributed by atoms with Gasteiger partial charge in [-0.05, 0) is 66.3 Å². The summed E-state index contributed by atoms with van der Waals surface area (Å²) in [4.78, 5) is 26.0. The first-order valence-electron chi connectivity index (χ1n) is 11.2. The maximum atomic E-state index is 12.9. The van der Waals surface area contributed by atoms with Crippen LogP contribution in [0.15, 0.2) is 48.7 Å². The van der Waals surface area contributed by atoms with Crippen LogP contribution in [0.2, 0.25) is 0 Å². The van der Waals surface area contributed by atoms with Crippen molar-refractivity contribution in [2.24, 2.45) is 13.0 Å². The van der Waals surface area contributed by atoms with Crippen molar-refractivity contribution >= 4 is 22.9 Å². The molecule has 3 aromatic rings. The highest BCUT2D eigenvalue weighted by atomic mass is 16.4. The van der Waals surface area contributed by atoms with E-state index in [1.807, 2.05) is 25.2 Å². The monoisotopic (exact) mass is 432 g/mol. The molecule has 2 heterocycles. The van der Waals surface area contributed by atoms with Gasteiger partial charge in [0.25, 0.3) is 0 Å². The molecule has 32 heavy (non-hydrogen) atoms. The Morgan fingerprint density at radius 2 is 1.88 bits per heavy atom. The summed E-state index contributed by atoms with van der Waals surface area (Å²) in [7, 11) is 1.89. The second kappa shape index (κ2) is 8.30. The maximum absolute atomic E-state index is 12.9. The second-order valence-electron chi connectivity index (χ2n) is 9.15. The van der Waals surface area contributed by atoms with Gasteiger partial charge in [0, 0.05) is 25.5 Å². The van der Waals surface area contributed by atoms with Gasteiger partial charge in [-0.25, -0.2) is 4.79 Å². The standard InChI is InChI=1S/C25H28N4O3/c1-28-22-9-4-17(11-21(22)14-27-28)13-26-24(30)23-12-18(15-29(23)25(31)32)10-16-2-5-19(6-3-16)20-7-8-20/h2-6,9,11,14,18,20,23H,7-8,10,12-13,15H2,1H3,(H,26,30)(H,31,32)/t18-,23+/m1/s1. The number of fused-ring (bicyclic) bond motifs is 1. The number of aromatic nitrogens is 2. The Morgan fingerprint density at radius 1 is 1.12 bits per heavy atom. The van der Waals surface area contributed by atoms with Gasteiger partial charge in [-0.2, -0.15) is 5.10 Å². The zero-order valence-corrected chi connectivity index (χ0v) is 18.2.